The third-order valence-corrected chi connectivity index (χ3v) is 5.12. The fourth-order valence-electron chi connectivity index (χ4n) is 3.72. The van der Waals surface area contributed by atoms with Gasteiger partial charge in [-0.1, -0.05) is 19.1 Å². The van der Waals surface area contributed by atoms with Crippen LogP contribution in [0.2, 0.25) is 0 Å². The summed E-state index contributed by atoms with van der Waals surface area (Å²) >= 11 is 0. The zero-order valence-corrected chi connectivity index (χ0v) is 14.8. The second kappa shape index (κ2) is 8.32. The molecular weight excluding hydrogens is 316 g/mol. The highest BCUT2D eigenvalue weighted by Gasteiger charge is 2.36. The van der Waals surface area contributed by atoms with Crippen molar-refractivity contribution in [3.05, 3.63) is 35.4 Å². The molecule has 0 spiro atoms. The van der Waals surface area contributed by atoms with Gasteiger partial charge >= 0.3 is 6.03 Å². The fraction of sp³-hybridized carbons (Fsp3) is 0.579. The highest BCUT2D eigenvalue weighted by Crippen LogP contribution is 2.22. The summed E-state index contributed by atoms with van der Waals surface area (Å²) in [7, 11) is 0. The Morgan fingerprint density at radius 1 is 1.36 bits per heavy atom. The van der Waals surface area contributed by atoms with Gasteiger partial charge in [-0.15, -0.1) is 0 Å². The van der Waals surface area contributed by atoms with Crippen LogP contribution < -0.4 is 5.32 Å². The Morgan fingerprint density at radius 3 is 2.92 bits per heavy atom. The second-order valence-corrected chi connectivity index (χ2v) is 6.89. The van der Waals surface area contributed by atoms with Crippen LogP contribution >= 0.6 is 0 Å². The molecule has 2 saturated heterocycles. The molecular formula is C19H26N4O2. The summed E-state index contributed by atoms with van der Waals surface area (Å²) in [5.41, 5.74) is 1.73. The minimum absolute atomic E-state index is 0.0130. The molecule has 1 aromatic rings. The lowest BCUT2D eigenvalue weighted by Crippen LogP contribution is -2.47. The zero-order chi connectivity index (χ0) is 17.6. The number of hydrogen-bond donors (Lipinski definition) is 1. The van der Waals surface area contributed by atoms with E-state index in [0.717, 1.165) is 51.4 Å². The van der Waals surface area contributed by atoms with Gasteiger partial charge in [-0.25, -0.2) is 4.79 Å². The summed E-state index contributed by atoms with van der Waals surface area (Å²) in [4.78, 5) is 16.8. The maximum Gasteiger partial charge on any atom is 0.317 e. The number of nitrogens with zero attached hydrogens (tertiary/aromatic N) is 3. The Balaban J connectivity index is 1.46. The van der Waals surface area contributed by atoms with Gasteiger partial charge in [-0.05, 0) is 30.0 Å². The molecule has 2 fully saturated rings. The number of rotatable bonds is 4. The van der Waals surface area contributed by atoms with Crippen LogP contribution in [0.1, 0.15) is 18.1 Å². The van der Waals surface area contributed by atoms with Crippen LogP contribution in [-0.4, -0.2) is 67.8 Å². The number of amides is 2. The topological polar surface area (TPSA) is 68.6 Å². The molecule has 1 N–H and O–H groups in total. The van der Waals surface area contributed by atoms with Crippen molar-refractivity contribution in [3.8, 4) is 6.07 Å². The number of morpholine rings is 1. The average molecular weight is 342 g/mol. The molecule has 2 amide bonds. The van der Waals surface area contributed by atoms with Crippen LogP contribution in [0, 0.1) is 17.2 Å². The maximum atomic E-state index is 12.5. The Labute approximate surface area is 149 Å². The second-order valence-electron chi connectivity index (χ2n) is 6.89. The Kier molecular flexibility index (Phi) is 5.90. The van der Waals surface area contributed by atoms with E-state index in [2.05, 4.69) is 23.2 Å². The maximum absolute atomic E-state index is 12.5. The molecule has 1 aromatic carbocycles. The van der Waals surface area contributed by atoms with Crippen molar-refractivity contribution in [2.75, 3.05) is 45.9 Å². The van der Waals surface area contributed by atoms with E-state index in [-0.39, 0.29) is 6.03 Å². The normalized spacial score (nSPS) is 24.1. The number of hydrogen-bond acceptors (Lipinski definition) is 4. The minimum Gasteiger partial charge on any atom is -0.379 e. The van der Waals surface area contributed by atoms with Crippen molar-refractivity contribution < 1.29 is 9.53 Å². The highest BCUT2D eigenvalue weighted by molar-refractivity contribution is 5.74. The van der Waals surface area contributed by atoms with Crippen molar-refractivity contribution in [3.63, 3.8) is 0 Å². The van der Waals surface area contributed by atoms with Gasteiger partial charge in [0.25, 0.3) is 0 Å². The van der Waals surface area contributed by atoms with Crippen molar-refractivity contribution in [2.24, 2.45) is 5.92 Å². The molecule has 0 aromatic heterocycles. The van der Waals surface area contributed by atoms with Crippen molar-refractivity contribution >= 4 is 6.03 Å². The molecule has 3 rings (SSSR count). The fourth-order valence-corrected chi connectivity index (χ4v) is 3.72. The van der Waals surface area contributed by atoms with Gasteiger partial charge in [0, 0.05) is 38.8 Å². The number of nitrogens with one attached hydrogen (secondary N) is 1. The molecule has 0 saturated carbocycles. The SMILES string of the molecule is C[C@H]1CN(C(=O)NCCc2cccc(C#N)c2)C[C@H]1N1CCOCC1. The molecule has 0 aliphatic carbocycles. The third-order valence-electron chi connectivity index (χ3n) is 5.12. The summed E-state index contributed by atoms with van der Waals surface area (Å²) < 4.78 is 5.43. The smallest absolute Gasteiger partial charge is 0.317 e. The first-order valence-corrected chi connectivity index (χ1v) is 9.01. The predicted molar refractivity (Wildman–Crippen MR) is 95.2 cm³/mol. The Morgan fingerprint density at radius 2 is 2.16 bits per heavy atom. The van der Waals surface area contributed by atoms with Crippen LogP contribution in [0.4, 0.5) is 4.79 Å². The van der Waals surface area contributed by atoms with Crippen molar-refractivity contribution in [1.82, 2.24) is 15.1 Å². The average Bonchev–Trinajstić information content (AvgIpc) is 3.04. The zero-order valence-electron chi connectivity index (χ0n) is 14.8. The number of carbonyl (C=O) groups excluding carboxylic acids is 1. The molecule has 0 unspecified atom stereocenters. The largest absolute Gasteiger partial charge is 0.379 e. The standard InChI is InChI=1S/C19H26N4O2/c1-15-13-23(14-18(15)22-7-9-25-10-8-22)19(24)21-6-5-16-3-2-4-17(11-16)12-20/h2-4,11,15,18H,5-10,13-14H2,1H3,(H,21,24)/t15-,18+/m0/s1. The van der Waals surface area contributed by atoms with E-state index in [1.54, 1.807) is 6.07 Å². The molecule has 134 valence electrons. The van der Waals surface area contributed by atoms with Gasteiger partial charge in [0.05, 0.1) is 24.8 Å². The number of nitriles is 1. The minimum atomic E-state index is 0.0130. The first-order chi connectivity index (χ1) is 12.2. The molecule has 6 heteroatoms. The van der Waals surface area contributed by atoms with Gasteiger partial charge in [-0.3, -0.25) is 4.90 Å². The molecule has 2 atom stereocenters. The monoisotopic (exact) mass is 342 g/mol. The summed E-state index contributed by atoms with van der Waals surface area (Å²) in [6.45, 7) is 7.89. The van der Waals surface area contributed by atoms with Gasteiger partial charge in [-0.2, -0.15) is 5.26 Å². The number of likely N-dealkylation sites (tertiary alicyclic amines) is 1. The van der Waals surface area contributed by atoms with E-state index < -0.39 is 0 Å². The van der Waals surface area contributed by atoms with Crippen LogP contribution in [0.3, 0.4) is 0 Å². The molecule has 2 heterocycles. The van der Waals surface area contributed by atoms with Gasteiger partial charge in [0.2, 0.25) is 0 Å². The number of urea groups is 1. The molecule has 25 heavy (non-hydrogen) atoms. The number of benzene rings is 1. The quantitative estimate of drug-likeness (QED) is 0.899. The first-order valence-electron chi connectivity index (χ1n) is 9.01. The molecule has 2 aliphatic heterocycles. The van der Waals surface area contributed by atoms with E-state index in [0.29, 0.717) is 24.1 Å². The highest BCUT2D eigenvalue weighted by atomic mass is 16.5. The summed E-state index contributed by atoms with van der Waals surface area (Å²) in [6, 6.07) is 10.1. The van der Waals surface area contributed by atoms with Gasteiger partial charge in [0.15, 0.2) is 0 Å². The van der Waals surface area contributed by atoms with E-state index in [1.807, 2.05) is 23.1 Å². The van der Waals surface area contributed by atoms with E-state index >= 15 is 0 Å². The lowest BCUT2D eigenvalue weighted by molar-refractivity contribution is 0.0123. The number of carbonyl (C=O) groups is 1. The molecule has 0 bridgehead atoms. The van der Waals surface area contributed by atoms with Crippen LogP contribution in [0.5, 0.6) is 0 Å². The molecule has 0 radical (unpaired) electrons. The van der Waals surface area contributed by atoms with Crippen LogP contribution in [0.15, 0.2) is 24.3 Å². The summed E-state index contributed by atoms with van der Waals surface area (Å²) in [5, 5.41) is 12.0. The van der Waals surface area contributed by atoms with Gasteiger partial charge < -0.3 is 15.0 Å². The summed E-state index contributed by atoms with van der Waals surface area (Å²) in [5.74, 6) is 0.483. The predicted octanol–water partition coefficient (Wildman–Crippen LogP) is 1.46. The van der Waals surface area contributed by atoms with Crippen LogP contribution in [0.25, 0.3) is 0 Å². The van der Waals surface area contributed by atoms with Crippen LogP contribution in [-0.2, 0) is 11.2 Å². The van der Waals surface area contributed by atoms with Gasteiger partial charge in [0.1, 0.15) is 0 Å². The van der Waals surface area contributed by atoms with E-state index in [9.17, 15) is 4.79 Å². The Hall–Kier alpha value is -2.10. The van der Waals surface area contributed by atoms with Crippen molar-refractivity contribution in [2.45, 2.75) is 19.4 Å². The first kappa shape index (κ1) is 17.7. The third kappa shape index (κ3) is 4.50. The molecule has 6 nitrogen and oxygen atoms in total. The van der Waals surface area contributed by atoms with Crippen molar-refractivity contribution in [1.29, 1.82) is 5.26 Å². The lowest BCUT2D eigenvalue weighted by atomic mass is 10.0. The number of ether oxygens (including phenoxy) is 1. The van der Waals surface area contributed by atoms with E-state index in [4.69, 9.17) is 10.00 Å². The van der Waals surface area contributed by atoms with E-state index in [1.165, 1.54) is 0 Å². The lowest BCUT2D eigenvalue weighted by Gasteiger charge is -2.33. The summed E-state index contributed by atoms with van der Waals surface area (Å²) in [6.07, 6.45) is 0.734. The molecule has 2 aliphatic rings. The Bertz CT molecular complexity index is 637.